The average Bonchev–Trinajstić information content (AvgIpc) is 2.29. The van der Waals surface area contributed by atoms with Gasteiger partial charge in [-0.15, -0.1) is 0 Å². The van der Waals surface area contributed by atoms with Gasteiger partial charge in [-0.25, -0.2) is 0 Å². The molecule has 0 spiro atoms. The molecule has 0 heterocycles. The summed E-state index contributed by atoms with van der Waals surface area (Å²) in [6, 6.07) is 0. The molecule has 19 heavy (non-hydrogen) atoms. The molecular weight excluding hydrogens is 279 g/mol. The van der Waals surface area contributed by atoms with Gasteiger partial charge in [-0.1, -0.05) is 0 Å². The average molecular weight is 309 g/mol. The predicted octanol–water partition coefficient (Wildman–Crippen LogP) is 5.04. The fraction of sp³-hybridized carbons (Fsp3) is 0.800. The summed E-state index contributed by atoms with van der Waals surface area (Å²) in [7, 11) is 0. The molecule has 0 aliphatic heterocycles. The van der Waals surface area contributed by atoms with E-state index >= 15 is 0 Å². The van der Waals surface area contributed by atoms with Gasteiger partial charge in [0, 0.05) is 0 Å². The maximum absolute atomic E-state index is 11.5. The summed E-state index contributed by atoms with van der Waals surface area (Å²) in [5.74, 6) is -2.51. The minimum absolute atomic E-state index is 0.300. The van der Waals surface area contributed by atoms with Crippen LogP contribution in [0.15, 0.2) is 12.2 Å². The molecule has 0 aliphatic rings. The van der Waals surface area contributed by atoms with E-state index in [9.17, 15) is 4.79 Å². The predicted molar refractivity (Wildman–Crippen MR) is 88.9 cm³/mol. The van der Waals surface area contributed by atoms with Gasteiger partial charge < -0.3 is 0 Å². The van der Waals surface area contributed by atoms with E-state index in [-0.39, 0.29) is 5.97 Å². The summed E-state index contributed by atoms with van der Waals surface area (Å²) < 4.78 is 5.27. The molecule has 114 valence electrons. The summed E-state index contributed by atoms with van der Waals surface area (Å²) >= 11 is 7.18. The van der Waals surface area contributed by atoms with Gasteiger partial charge in [0.15, 0.2) is 0 Å². The van der Waals surface area contributed by atoms with Gasteiger partial charge in [0.25, 0.3) is 0 Å². The summed E-state index contributed by atoms with van der Waals surface area (Å²) in [5.41, 5.74) is 0.455. The van der Waals surface area contributed by atoms with Crippen molar-refractivity contribution in [3.63, 3.8) is 0 Å². The molecule has 0 amide bonds. The number of carbonyl (C=O) groups excluding carboxylic acids is 1. The van der Waals surface area contributed by atoms with Gasteiger partial charge >= 0.3 is 123 Å². The molecule has 0 aliphatic carbocycles. The minimum atomic E-state index is -2.21. The molecule has 0 aromatic heterocycles. The third-order valence-electron chi connectivity index (χ3n) is 3.58. The Morgan fingerprint density at radius 2 is 1.47 bits per heavy atom. The Hall–Kier alpha value is -0.0700. The molecule has 4 heteroatoms. The zero-order valence-electron chi connectivity index (χ0n) is 13.0. The number of hydrogen-bond acceptors (Lipinski definition) is 2. The van der Waals surface area contributed by atoms with E-state index in [1.807, 2.05) is 0 Å². The van der Waals surface area contributed by atoms with E-state index in [1.54, 1.807) is 6.92 Å². The number of esters is 1. The van der Waals surface area contributed by atoms with Crippen LogP contribution in [-0.2, 0) is 9.53 Å². The molecular formula is C15H30ClO2P. The van der Waals surface area contributed by atoms with Crippen LogP contribution in [0.1, 0.15) is 47.0 Å². The number of halogens is 1. The molecule has 0 N–H and O–H groups in total. The molecule has 0 aromatic carbocycles. The molecule has 2 nitrogen and oxygen atoms in total. The Bertz CT molecular complexity index is 295. The van der Waals surface area contributed by atoms with Crippen LogP contribution in [0, 0.1) is 0 Å². The quantitative estimate of drug-likeness (QED) is 0.321. The van der Waals surface area contributed by atoms with Crippen LogP contribution in [0.5, 0.6) is 0 Å². The van der Waals surface area contributed by atoms with E-state index in [4.69, 9.17) is 16.0 Å². The summed E-state index contributed by atoms with van der Waals surface area (Å²) in [6.45, 7) is 12.3. The molecule has 0 fully saturated rings. The third-order valence-corrected chi connectivity index (χ3v) is 11.6. The second kappa shape index (κ2) is 8.27. The van der Waals surface area contributed by atoms with Gasteiger partial charge in [-0.3, -0.25) is 0 Å². The second-order valence-corrected chi connectivity index (χ2v) is 13.9. The van der Waals surface area contributed by atoms with Crippen molar-refractivity contribution in [3.05, 3.63) is 12.2 Å². The van der Waals surface area contributed by atoms with Crippen LogP contribution in [0.25, 0.3) is 0 Å². The van der Waals surface area contributed by atoms with Gasteiger partial charge in [-0.05, 0) is 0 Å². The number of ether oxygens (including phenoxy) is 1. The van der Waals surface area contributed by atoms with Crippen LogP contribution in [0.4, 0.5) is 0 Å². The number of hydrogen-bond donors (Lipinski definition) is 0. The first-order valence-electron chi connectivity index (χ1n) is 7.36. The Morgan fingerprint density at radius 3 is 1.79 bits per heavy atom. The molecule has 0 rings (SSSR count). The first-order valence-corrected chi connectivity index (χ1v) is 11.2. The normalized spacial score (nSPS) is 13.6. The molecule has 0 atom stereocenters. The van der Waals surface area contributed by atoms with Crippen molar-refractivity contribution in [2.75, 3.05) is 31.3 Å². The fourth-order valence-electron chi connectivity index (χ4n) is 2.84. The Morgan fingerprint density at radius 1 is 1.05 bits per heavy atom. The number of carbonyl (C=O) groups is 1. The fourth-order valence-corrected chi connectivity index (χ4v) is 9.81. The Balaban J connectivity index is 4.74. The van der Waals surface area contributed by atoms with Crippen molar-refractivity contribution >= 4 is 23.2 Å². The molecule has 0 aromatic rings. The van der Waals surface area contributed by atoms with Crippen LogP contribution >= 0.6 is 17.2 Å². The van der Waals surface area contributed by atoms with Crippen molar-refractivity contribution < 1.29 is 9.53 Å². The zero-order valence-corrected chi connectivity index (χ0v) is 14.7. The van der Waals surface area contributed by atoms with Crippen LogP contribution in [0.3, 0.4) is 0 Å². The van der Waals surface area contributed by atoms with Gasteiger partial charge in [0.1, 0.15) is 0 Å². The van der Waals surface area contributed by atoms with Crippen LogP contribution in [-0.4, -0.2) is 37.2 Å². The Kier molecular flexibility index (Phi) is 8.24. The van der Waals surface area contributed by atoms with E-state index < -0.39 is 5.96 Å². The van der Waals surface area contributed by atoms with Gasteiger partial charge in [-0.2, -0.15) is 0 Å². The number of rotatable bonds is 10. The summed E-state index contributed by atoms with van der Waals surface area (Å²) in [6.07, 6.45) is 7.46. The molecule has 0 saturated heterocycles. The topological polar surface area (TPSA) is 26.3 Å². The van der Waals surface area contributed by atoms with E-state index in [2.05, 4.69) is 27.4 Å². The first-order chi connectivity index (χ1) is 8.81. The summed E-state index contributed by atoms with van der Waals surface area (Å²) in [4.78, 5) is 11.5. The molecule has 0 unspecified atom stereocenters. The monoisotopic (exact) mass is 308 g/mol. The van der Waals surface area contributed by atoms with Crippen molar-refractivity contribution in [2.45, 2.75) is 47.0 Å². The van der Waals surface area contributed by atoms with Gasteiger partial charge in [0.05, 0.1) is 0 Å². The molecule has 0 radical (unpaired) electrons. The Labute approximate surface area is 123 Å². The van der Waals surface area contributed by atoms with Crippen molar-refractivity contribution in [2.24, 2.45) is 0 Å². The SMILES string of the molecule is C=C(C)C(=O)OCCP(Cl)(CCC)(CCC)CCC. The van der Waals surface area contributed by atoms with Crippen molar-refractivity contribution in [1.82, 2.24) is 0 Å². The van der Waals surface area contributed by atoms with Crippen molar-refractivity contribution in [3.8, 4) is 0 Å². The van der Waals surface area contributed by atoms with E-state index in [0.29, 0.717) is 12.2 Å². The standard InChI is InChI=1S/C15H30ClO2P/c1-6-10-19(16,11-7-2,12-8-3)13-9-18-15(17)14(4)5/h4,6-13H2,1-3,5H3. The third kappa shape index (κ3) is 6.27. The maximum atomic E-state index is 11.5. The molecule has 0 bridgehead atoms. The van der Waals surface area contributed by atoms with Crippen LogP contribution in [0.2, 0.25) is 0 Å². The van der Waals surface area contributed by atoms with Crippen LogP contribution < -0.4 is 0 Å². The first kappa shape index (κ1) is 18.9. The van der Waals surface area contributed by atoms with E-state index in [1.165, 1.54) is 0 Å². The summed E-state index contributed by atoms with van der Waals surface area (Å²) in [5, 5.41) is 0. The zero-order chi connectivity index (χ0) is 15.0. The second-order valence-electron chi connectivity index (χ2n) is 5.63. The van der Waals surface area contributed by atoms with Gasteiger partial charge in [0.2, 0.25) is 0 Å². The molecule has 0 saturated carbocycles. The van der Waals surface area contributed by atoms with E-state index in [0.717, 1.165) is 43.9 Å². The van der Waals surface area contributed by atoms with Crippen molar-refractivity contribution in [1.29, 1.82) is 0 Å².